The molecule has 5 rings (SSSR count). The standard InChI is InChI=1S/C23H18ClN3O6S/c1-31-17-5-3-14(9-15(17)24)25-20(28)11-26-16-6-7-34-21(16)22(29)27(23(26)30)10-13-2-4-18-19(8-13)33-12-32-18/h2-9H,10-12H2,1H3,(H,25,28). The SMILES string of the molecule is COc1ccc(NC(=O)Cn2c(=O)n(Cc3ccc4c(c3)OCO4)c(=O)c3sccc32)cc1Cl. The van der Waals surface area contributed by atoms with Crippen LogP contribution in [0.2, 0.25) is 5.02 Å². The van der Waals surface area contributed by atoms with Crippen LogP contribution in [0.5, 0.6) is 17.2 Å². The first-order valence-electron chi connectivity index (χ1n) is 10.2. The number of nitrogens with one attached hydrogen (secondary N) is 1. The lowest BCUT2D eigenvalue weighted by Gasteiger charge is -2.13. The Morgan fingerprint density at radius 1 is 1.12 bits per heavy atom. The van der Waals surface area contributed by atoms with Crippen molar-refractivity contribution >= 4 is 44.7 Å². The molecule has 4 aromatic rings. The molecule has 9 nitrogen and oxygen atoms in total. The van der Waals surface area contributed by atoms with E-state index in [1.54, 1.807) is 47.8 Å². The number of thiophene rings is 1. The average Bonchev–Trinajstić information content (AvgIpc) is 3.49. The molecule has 2 aromatic heterocycles. The van der Waals surface area contributed by atoms with Crippen molar-refractivity contribution in [3.63, 3.8) is 0 Å². The molecule has 0 atom stereocenters. The molecule has 0 fully saturated rings. The Kier molecular flexibility index (Phi) is 5.76. The second kappa shape index (κ2) is 8.88. The number of amides is 1. The van der Waals surface area contributed by atoms with Gasteiger partial charge in [-0.15, -0.1) is 11.3 Å². The number of benzene rings is 2. The number of fused-ring (bicyclic) bond motifs is 2. The number of carbonyl (C=O) groups excluding carboxylic acids is 1. The van der Waals surface area contributed by atoms with Crippen LogP contribution in [0.25, 0.3) is 10.2 Å². The van der Waals surface area contributed by atoms with E-state index in [0.717, 1.165) is 4.57 Å². The molecule has 11 heteroatoms. The van der Waals surface area contributed by atoms with Gasteiger partial charge in [-0.3, -0.25) is 18.7 Å². The third-order valence-electron chi connectivity index (χ3n) is 5.35. The molecular formula is C23H18ClN3O6S. The highest BCUT2D eigenvalue weighted by Crippen LogP contribution is 2.32. The van der Waals surface area contributed by atoms with Gasteiger partial charge in [-0.25, -0.2) is 4.79 Å². The lowest BCUT2D eigenvalue weighted by atomic mass is 10.2. The number of nitrogens with zero attached hydrogens (tertiary/aromatic N) is 2. The van der Waals surface area contributed by atoms with Gasteiger partial charge in [0.25, 0.3) is 5.56 Å². The number of halogens is 1. The lowest BCUT2D eigenvalue weighted by molar-refractivity contribution is -0.116. The Morgan fingerprint density at radius 2 is 1.94 bits per heavy atom. The van der Waals surface area contributed by atoms with Crippen molar-refractivity contribution in [2.45, 2.75) is 13.1 Å². The molecule has 0 bridgehead atoms. The van der Waals surface area contributed by atoms with Crippen LogP contribution < -0.4 is 30.8 Å². The number of methoxy groups -OCH3 is 1. The van der Waals surface area contributed by atoms with Gasteiger partial charge in [0.15, 0.2) is 11.5 Å². The highest BCUT2D eigenvalue weighted by molar-refractivity contribution is 7.17. The Bertz CT molecular complexity index is 1540. The summed E-state index contributed by atoms with van der Waals surface area (Å²) in [6.07, 6.45) is 0. The van der Waals surface area contributed by atoms with Gasteiger partial charge in [0.05, 0.1) is 24.2 Å². The van der Waals surface area contributed by atoms with Gasteiger partial charge in [-0.2, -0.15) is 0 Å². The van der Waals surface area contributed by atoms with E-state index in [4.69, 9.17) is 25.8 Å². The first-order valence-corrected chi connectivity index (χ1v) is 11.4. The van der Waals surface area contributed by atoms with Crippen LogP contribution in [-0.2, 0) is 17.9 Å². The van der Waals surface area contributed by atoms with Gasteiger partial charge in [0.2, 0.25) is 12.7 Å². The fourth-order valence-electron chi connectivity index (χ4n) is 3.74. The zero-order chi connectivity index (χ0) is 23.8. The third-order valence-corrected chi connectivity index (χ3v) is 6.54. The van der Waals surface area contributed by atoms with E-state index in [0.29, 0.717) is 43.7 Å². The van der Waals surface area contributed by atoms with Crippen LogP contribution in [0.4, 0.5) is 5.69 Å². The van der Waals surface area contributed by atoms with Crippen molar-refractivity contribution in [2.24, 2.45) is 0 Å². The smallest absolute Gasteiger partial charge is 0.332 e. The minimum Gasteiger partial charge on any atom is -0.495 e. The zero-order valence-electron chi connectivity index (χ0n) is 17.9. The summed E-state index contributed by atoms with van der Waals surface area (Å²) in [5.41, 5.74) is 0.565. The fraction of sp³-hybridized carbons (Fsp3) is 0.174. The minimum absolute atomic E-state index is 0.0256. The number of anilines is 1. The predicted octanol–water partition coefficient (Wildman–Crippen LogP) is 3.30. The molecule has 1 aliphatic rings. The molecule has 174 valence electrons. The lowest BCUT2D eigenvalue weighted by Crippen LogP contribution is -2.41. The quantitative estimate of drug-likeness (QED) is 0.437. The number of hydrogen-bond acceptors (Lipinski definition) is 7. The molecule has 2 aromatic carbocycles. The highest BCUT2D eigenvalue weighted by atomic mass is 35.5. The van der Waals surface area contributed by atoms with E-state index in [1.165, 1.54) is 23.0 Å². The van der Waals surface area contributed by atoms with Crippen LogP contribution in [-0.4, -0.2) is 28.9 Å². The first-order chi connectivity index (χ1) is 16.4. The molecule has 34 heavy (non-hydrogen) atoms. The zero-order valence-corrected chi connectivity index (χ0v) is 19.4. The van der Waals surface area contributed by atoms with Crippen molar-refractivity contribution in [1.29, 1.82) is 0 Å². The maximum absolute atomic E-state index is 13.3. The molecule has 0 unspecified atom stereocenters. The van der Waals surface area contributed by atoms with Crippen molar-refractivity contribution in [3.8, 4) is 17.2 Å². The molecule has 0 spiro atoms. The summed E-state index contributed by atoms with van der Waals surface area (Å²) in [5.74, 6) is 1.20. The van der Waals surface area contributed by atoms with Gasteiger partial charge in [0, 0.05) is 5.69 Å². The monoisotopic (exact) mass is 499 g/mol. The van der Waals surface area contributed by atoms with Gasteiger partial charge in [0.1, 0.15) is 17.0 Å². The Morgan fingerprint density at radius 3 is 2.74 bits per heavy atom. The Balaban J connectivity index is 1.47. The molecular weight excluding hydrogens is 482 g/mol. The van der Waals surface area contributed by atoms with E-state index in [9.17, 15) is 14.4 Å². The second-order valence-electron chi connectivity index (χ2n) is 7.48. The maximum Gasteiger partial charge on any atom is 0.332 e. The number of rotatable bonds is 6. The number of hydrogen-bond donors (Lipinski definition) is 1. The third kappa shape index (κ3) is 4.02. The number of aromatic nitrogens is 2. The normalized spacial score (nSPS) is 12.2. The van der Waals surface area contributed by atoms with E-state index in [2.05, 4.69) is 5.32 Å². The van der Waals surface area contributed by atoms with Crippen LogP contribution in [0.15, 0.2) is 57.4 Å². The van der Waals surface area contributed by atoms with E-state index in [-0.39, 0.29) is 19.9 Å². The average molecular weight is 500 g/mol. The van der Waals surface area contributed by atoms with Gasteiger partial charge in [-0.05, 0) is 47.3 Å². The van der Waals surface area contributed by atoms with Gasteiger partial charge < -0.3 is 19.5 Å². The highest BCUT2D eigenvalue weighted by Gasteiger charge is 2.19. The minimum atomic E-state index is -0.587. The summed E-state index contributed by atoms with van der Waals surface area (Å²) in [5, 5.41) is 4.78. The van der Waals surface area contributed by atoms with Crippen LogP contribution >= 0.6 is 22.9 Å². The Hall–Kier alpha value is -3.76. The fourth-order valence-corrected chi connectivity index (χ4v) is 4.84. The predicted molar refractivity (Wildman–Crippen MR) is 129 cm³/mol. The molecule has 0 saturated heterocycles. The number of carbonyl (C=O) groups is 1. The summed E-state index contributed by atoms with van der Waals surface area (Å²) in [4.78, 5) is 39.2. The van der Waals surface area contributed by atoms with Crippen molar-refractivity contribution < 1.29 is 19.0 Å². The molecule has 0 saturated carbocycles. The van der Waals surface area contributed by atoms with Crippen molar-refractivity contribution in [3.05, 3.63) is 79.3 Å². The molecule has 0 radical (unpaired) electrons. The first kappa shape index (κ1) is 22.1. The number of ether oxygens (including phenoxy) is 3. The van der Waals surface area contributed by atoms with Crippen LogP contribution in [0.1, 0.15) is 5.56 Å². The van der Waals surface area contributed by atoms with Crippen LogP contribution in [0.3, 0.4) is 0 Å². The topological polar surface area (TPSA) is 101 Å². The summed E-state index contributed by atoms with van der Waals surface area (Å²) in [6.45, 7) is -0.129. The molecule has 1 N–H and O–H groups in total. The second-order valence-corrected chi connectivity index (χ2v) is 8.80. The van der Waals surface area contributed by atoms with Crippen LogP contribution in [0, 0.1) is 0 Å². The molecule has 1 amide bonds. The summed E-state index contributed by atoms with van der Waals surface area (Å²) < 4.78 is 18.6. The van der Waals surface area contributed by atoms with E-state index < -0.39 is 17.2 Å². The van der Waals surface area contributed by atoms with E-state index in [1.807, 2.05) is 0 Å². The van der Waals surface area contributed by atoms with Gasteiger partial charge in [-0.1, -0.05) is 17.7 Å². The van der Waals surface area contributed by atoms with Crippen molar-refractivity contribution in [1.82, 2.24) is 9.13 Å². The Labute approximate surface area is 201 Å². The largest absolute Gasteiger partial charge is 0.495 e. The van der Waals surface area contributed by atoms with E-state index >= 15 is 0 Å². The summed E-state index contributed by atoms with van der Waals surface area (Å²) in [6, 6.07) is 11.7. The molecule has 0 aliphatic carbocycles. The summed E-state index contributed by atoms with van der Waals surface area (Å²) in [7, 11) is 1.50. The van der Waals surface area contributed by atoms with Gasteiger partial charge >= 0.3 is 5.69 Å². The molecule has 1 aliphatic heterocycles. The van der Waals surface area contributed by atoms with Crippen molar-refractivity contribution in [2.75, 3.05) is 19.2 Å². The summed E-state index contributed by atoms with van der Waals surface area (Å²) >= 11 is 7.35. The molecule has 3 heterocycles. The maximum atomic E-state index is 13.3.